The molecule has 0 amide bonds. The summed E-state index contributed by atoms with van der Waals surface area (Å²) in [7, 11) is 1.56. The average molecular weight is 422 g/mol. The lowest BCUT2D eigenvalue weighted by atomic mass is 10.1. The molecule has 6 nitrogen and oxygen atoms in total. The van der Waals surface area contributed by atoms with Crippen LogP contribution in [0.4, 0.5) is 0 Å². The molecule has 0 saturated carbocycles. The summed E-state index contributed by atoms with van der Waals surface area (Å²) in [6, 6.07) is 10.3. The van der Waals surface area contributed by atoms with E-state index in [9.17, 15) is 4.79 Å². The molecule has 0 N–H and O–H groups in total. The predicted octanol–water partition coefficient (Wildman–Crippen LogP) is 5.22. The minimum absolute atomic E-state index is 0.167. The fourth-order valence-corrected chi connectivity index (χ4v) is 2.49. The summed E-state index contributed by atoms with van der Waals surface area (Å²) in [6.07, 6.45) is 7.93. The minimum atomic E-state index is -0.267. The van der Waals surface area contributed by atoms with Gasteiger partial charge in [-0.1, -0.05) is 43.5 Å². The molecule has 0 saturated heterocycles. The molecule has 0 aliphatic rings. The van der Waals surface area contributed by atoms with Gasteiger partial charge in [0, 0.05) is 6.07 Å². The fourth-order valence-electron chi connectivity index (χ4n) is 2.49. The van der Waals surface area contributed by atoms with Gasteiger partial charge in [-0.15, -0.1) is 6.58 Å². The Morgan fingerprint density at radius 3 is 2.32 bits per heavy atom. The number of hydrogen-bond acceptors (Lipinski definition) is 6. The highest BCUT2D eigenvalue weighted by Crippen LogP contribution is 2.29. The Balaban J connectivity index is 2.24. The zero-order chi connectivity index (χ0) is 22.5. The van der Waals surface area contributed by atoms with Crippen LogP contribution in [-0.4, -0.2) is 32.7 Å². The van der Waals surface area contributed by atoms with Crippen LogP contribution in [0.25, 0.3) is 6.08 Å². The number of carbonyl (C=O) groups excluding carboxylic acids is 1. The summed E-state index contributed by atoms with van der Waals surface area (Å²) in [5.41, 5.74) is 1.09. The van der Waals surface area contributed by atoms with Crippen LogP contribution in [0.2, 0.25) is 0 Å². The molecular weight excluding hydrogens is 396 g/mol. The molecule has 0 fully saturated rings. The molecule has 2 aromatic rings. The highest BCUT2D eigenvalue weighted by molar-refractivity contribution is 6.08. The molecule has 0 atom stereocenters. The van der Waals surface area contributed by atoms with Crippen molar-refractivity contribution >= 4 is 11.9 Å². The first-order valence-corrected chi connectivity index (χ1v) is 9.55. The number of ether oxygens (including phenoxy) is 3. The third kappa shape index (κ3) is 7.21. The number of methoxy groups -OCH3 is 1. The standard InChI is InChI=1S/C25H26O6/c1-5-14-28-20-10-11-21(24(18-20)31-30-16-7-3)22(26)12-8-19-9-13-23(27-4)25(17-19)29-15-6-2/h5-13,17-18H,1-3,14-16H2,4H3/b12-8+. The van der Waals surface area contributed by atoms with Gasteiger partial charge in [-0.2, -0.15) is 4.89 Å². The van der Waals surface area contributed by atoms with Gasteiger partial charge in [0.1, 0.15) is 25.6 Å². The van der Waals surface area contributed by atoms with Gasteiger partial charge in [0.05, 0.1) is 12.7 Å². The number of carbonyl (C=O) groups is 1. The Hall–Kier alpha value is -3.77. The van der Waals surface area contributed by atoms with Gasteiger partial charge in [0.15, 0.2) is 23.0 Å². The van der Waals surface area contributed by atoms with Crippen molar-refractivity contribution in [3.63, 3.8) is 0 Å². The Morgan fingerprint density at radius 1 is 0.871 bits per heavy atom. The number of hydrogen-bond donors (Lipinski definition) is 0. The van der Waals surface area contributed by atoms with Crippen molar-refractivity contribution in [3.05, 3.63) is 91.6 Å². The molecular formula is C25H26O6. The number of rotatable bonds is 14. The first kappa shape index (κ1) is 23.5. The second-order valence-electron chi connectivity index (χ2n) is 6.12. The second-order valence-corrected chi connectivity index (χ2v) is 6.12. The summed E-state index contributed by atoms with van der Waals surface area (Å²) in [5.74, 6) is 1.65. The summed E-state index contributed by atoms with van der Waals surface area (Å²) >= 11 is 0. The van der Waals surface area contributed by atoms with Gasteiger partial charge in [-0.25, -0.2) is 0 Å². The zero-order valence-electron chi connectivity index (χ0n) is 17.5. The maximum absolute atomic E-state index is 12.8. The van der Waals surface area contributed by atoms with E-state index in [1.807, 2.05) is 6.07 Å². The first-order chi connectivity index (χ1) is 15.1. The zero-order valence-corrected chi connectivity index (χ0v) is 17.5. The van der Waals surface area contributed by atoms with Crippen molar-refractivity contribution in [1.82, 2.24) is 0 Å². The van der Waals surface area contributed by atoms with Crippen molar-refractivity contribution in [1.29, 1.82) is 0 Å². The van der Waals surface area contributed by atoms with Gasteiger partial charge in [-0.05, 0) is 35.9 Å². The van der Waals surface area contributed by atoms with E-state index in [0.29, 0.717) is 36.0 Å². The van der Waals surface area contributed by atoms with Crippen LogP contribution in [-0.2, 0) is 4.89 Å². The highest BCUT2D eigenvalue weighted by atomic mass is 17.2. The van der Waals surface area contributed by atoms with Crippen molar-refractivity contribution in [2.24, 2.45) is 0 Å². The van der Waals surface area contributed by atoms with E-state index < -0.39 is 0 Å². The van der Waals surface area contributed by atoms with E-state index in [0.717, 1.165) is 5.56 Å². The summed E-state index contributed by atoms with van der Waals surface area (Å²) in [6.45, 7) is 11.7. The van der Waals surface area contributed by atoms with Crippen molar-refractivity contribution in [2.75, 3.05) is 26.9 Å². The molecule has 0 unspecified atom stereocenters. The third-order valence-electron chi connectivity index (χ3n) is 3.89. The normalized spacial score (nSPS) is 10.4. The summed E-state index contributed by atoms with van der Waals surface area (Å²) < 4.78 is 16.4. The lowest BCUT2D eigenvalue weighted by Gasteiger charge is -2.11. The van der Waals surface area contributed by atoms with E-state index in [1.54, 1.807) is 55.7 Å². The Bertz CT molecular complexity index is 945. The Morgan fingerprint density at radius 2 is 1.61 bits per heavy atom. The van der Waals surface area contributed by atoms with E-state index in [2.05, 4.69) is 19.7 Å². The maximum Gasteiger partial charge on any atom is 0.189 e. The lowest BCUT2D eigenvalue weighted by molar-refractivity contribution is -0.195. The third-order valence-corrected chi connectivity index (χ3v) is 3.89. The van der Waals surface area contributed by atoms with Gasteiger partial charge < -0.3 is 19.1 Å². The van der Waals surface area contributed by atoms with E-state index in [1.165, 1.54) is 12.2 Å². The average Bonchev–Trinajstić information content (AvgIpc) is 2.80. The van der Waals surface area contributed by atoms with E-state index in [4.69, 9.17) is 24.0 Å². The van der Waals surface area contributed by atoms with Crippen molar-refractivity contribution < 1.29 is 28.8 Å². The Kier molecular flexibility index (Phi) is 9.65. The molecule has 162 valence electrons. The molecule has 31 heavy (non-hydrogen) atoms. The van der Waals surface area contributed by atoms with Crippen LogP contribution >= 0.6 is 0 Å². The number of ketones is 1. The van der Waals surface area contributed by atoms with Crippen LogP contribution in [0.3, 0.4) is 0 Å². The molecule has 2 rings (SSSR count). The van der Waals surface area contributed by atoms with Crippen LogP contribution in [0.1, 0.15) is 15.9 Å². The minimum Gasteiger partial charge on any atom is -0.493 e. The molecule has 0 bridgehead atoms. The smallest absolute Gasteiger partial charge is 0.189 e. The molecule has 0 radical (unpaired) electrons. The molecule has 0 aliphatic carbocycles. The lowest BCUT2D eigenvalue weighted by Crippen LogP contribution is -2.04. The van der Waals surface area contributed by atoms with Crippen LogP contribution < -0.4 is 19.1 Å². The van der Waals surface area contributed by atoms with Crippen LogP contribution in [0.15, 0.2) is 80.4 Å². The SMILES string of the molecule is C=CCOOc1cc(OCC=C)ccc1C(=O)/C=C/c1ccc(OC)c(OCC=C)c1. The van der Waals surface area contributed by atoms with Gasteiger partial charge in [0.25, 0.3) is 0 Å². The first-order valence-electron chi connectivity index (χ1n) is 9.55. The fraction of sp³-hybridized carbons (Fsp3) is 0.160. The molecule has 2 aromatic carbocycles. The number of benzene rings is 2. The van der Waals surface area contributed by atoms with Crippen molar-refractivity contribution in [3.8, 4) is 23.0 Å². The van der Waals surface area contributed by atoms with Gasteiger partial charge in [-0.3, -0.25) is 4.79 Å². The molecule has 0 heterocycles. The summed E-state index contributed by atoms with van der Waals surface area (Å²) in [4.78, 5) is 23.1. The summed E-state index contributed by atoms with van der Waals surface area (Å²) in [5, 5.41) is 0. The molecule has 6 heteroatoms. The van der Waals surface area contributed by atoms with Crippen LogP contribution in [0, 0.1) is 0 Å². The van der Waals surface area contributed by atoms with Gasteiger partial charge in [0.2, 0.25) is 0 Å². The molecule has 0 spiro atoms. The predicted molar refractivity (Wildman–Crippen MR) is 121 cm³/mol. The van der Waals surface area contributed by atoms with Crippen LogP contribution in [0.5, 0.6) is 23.0 Å². The van der Waals surface area contributed by atoms with Crippen molar-refractivity contribution in [2.45, 2.75) is 0 Å². The monoisotopic (exact) mass is 422 g/mol. The quantitative estimate of drug-likeness (QED) is 0.104. The highest BCUT2D eigenvalue weighted by Gasteiger charge is 2.13. The Labute approximate surface area is 182 Å². The maximum atomic E-state index is 12.8. The number of allylic oxidation sites excluding steroid dienone is 1. The van der Waals surface area contributed by atoms with E-state index >= 15 is 0 Å². The van der Waals surface area contributed by atoms with E-state index in [-0.39, 0.29) is 18.1 Å². The topological polar surface area (TPSA) is 63.2 Å². The second kappa shape index (κ2) is 12.7. The molecule has 0 aromatic heterocycles. The molecule has 0 aliphatic heterocycles. The van der Waals surface area contributed by atoms with Gasteiger partial charge >= 0.3 is 0 Å². The largest absolute Gasteiger partial charge is 0.493 e.